The molecule has 2 aromatic rings. The molecule has 132 valence electrons. The monoisotopic (exact) mass is 372 g/mol. The van der Waals surface area contributed by atoms with Crippen molar-refractivity contribution in [2.24, 2.45) is 11.1 Å². The molecular weight excluding hydrogens is 348 g/mol. The van der Waals surface area contributed by atoms with Crippen LogP contribution >= 0.6 is 23.5 Å². The van der Waals surface area contributed by atoms with Crippen molar-refractivity contribution in [1.29, 1.82) is 0 Å². The van der Waals surface area contributed by atoms with Gasteiger partial charge in [0.05, 0.1) is 0 Å². The van der Waals surface area contributed by atoms with Gasteiger partial charge in [-0.3, -0.25) is 10.0 Å². The number of fused-ring (bicyclic) bond motifs is 2. The minimum atomic E-state index is 0.649. The van der Waals surface area contributed by atoms with E-state index in [1.807, 2.05) is 0 Å². The third kappa shape index (κ3) is 3.90. The highest BCUT2D eigenvalue weighted by Crippen LogP contribution is 2.33. The van der Waals surface area contributed by atoms with Crippen LogP contribution < -0.4 is 5.14 Å². The highest BCUT2D eigenvalue weighted by atomic mass is 35.5. The van der Waals surface area contributed by atoms with Gasteiger partial charge in [0.15, 0.2) is 0 Å². The predicted octanol–water partition coefficient (Wildman–Crippen LogP) is 4.83. The van der Waals surface area contributed by atoms with Crippen LogP contribution in [0, 0.1) is 5.92 Å². The van der Waals surface area contributed by atoms with Crippen LogP contribution in [0.1, 0.15) is 35.1 Å². The Morgan fingerprint density at radius 1 is 1.08 bits per heavy atom. The Morgan fingerprint density at radius 2 is 1.88 bits per heavy atom. The lowest BCUT2D eigenvalue weighted by atomic mass is 9.80. The molecule has 2 N–H and O–H groups in total. The van der Waals surface area contributed by atoms with E-state index in [2.05, 4.69) is 47.4 Å². The SMILES string of the molecule is NSCc1ccc(CN2CC3CCC2Cc2ccccc2C3)cc1Cl. The lowest BCUT2D eigenvalue weighted by Gasteiger charge is -2.42. The van der Waals surface area contributed by atoms with Crippen LogP contribution in [0.2, 0.25) is 5.02 Å². The number of hydrogen-bond acceptors (Lipinski definition) is 3. The Hall–Kier alpha value is -1.00. The molecule has 0 radical (unpaired) electrons. The van der Waals surface area contributed by atoms with Crippen molar-refractivity contribution in [3.05, 3.63) is 69.7 Å². The summed E-state index contributed by atoms with van der Waals surface area (Å²) in [5.74, 6) is 1.55. The van der Waals surface area contributed by atoms with Gasteiger partial charge in [0.2, 0.25) is 0 Å². The van der Waals surface area contributed by atoms with Crippen LogP contribution in [0.15, 0.2) is 42.5 Å². The lowest BCUT2D eigenvalue weighted by molar-refractivity contribution is 0.0938. The number of nitrogens with zero attached hydrogens (tertiary/aromatic N) is 1. The second kappa shape index (κ2) is 7.71. The lowest BCUT2D eigenvalue weighted by Crippen LogP contribution is -2.46. The highest BCUT2D eigenvalue weighted by Gasteiger charge is 2.31. The summed E-state index contributed by atoms with van der Waals surface area (Å²) in [6.07, 6.45) is 5.09. The van der Waals surface area contributed by atoms with Crippen LogP contribution in [0.3, 0.4) is 0 Å². The van der Waals surface area contributed by atoms with Gasteiger partial charge in [0.25, 0.3) is 0 Å². The van der Waals surface area contributed by atoms with E-state index in [9.17, 15) is 0 Å². The molecule has 5 rings (SSSR count). The standard InChI is InChI=1S/C21H25ClN2S/c22-21-10-16(5-7-19(21)14-25-23)13-24-12-15-6-8-20(24)11-18-4-2-1-3-17(18)9-15/h1-5,7,10,15,20H,6,8-9,11-14,23H2. The van der Waals surface area contributed by atoms with E-state index in [0.29, 0.717) is 6.04 Å². The van der Waals surface area contributed by atoms with Crippen molar-refractivity contribution in [2.75, 3.05) is 6.54 Å². The average Bonchev–Trinajstić information content (AvgIpc) is 2.58. The molecule has 25 heavy (non-hydrogen) atoms. The number of benzene rings is 2. The van der Waals surface area contributed by atoms with Crippen molar-refractivity contribution in [2.45, 2.75) is 44.0 Å². The third-order valence-electron chi connectivity index (χ3n) is 5.74. The van der Waals surface area contributed by atoms with E-state index < -0.39 is 0 Å². The highest BCUT2D eigenvalue weighted by molar-refractivity contribution is 7.96. The van der Waals surface area contributed by atoms with Crippen molar-refractivity contribution in [1.82, 2.24) is 4.90 Å². The number of halogens is 1. The maximum absolute atomic E-state index is 6.44. The summed E-state index contributed by atoms with van der Waals surface area (Å²) in [6.45, 7) is 2.20. The van der Waals surface area contributed by atoms with Gasteiger partial charge in [-0.25, -0.2) is 0 Å². The smallest absolute Gasteiger partial charge is 0.0450 e. The van der Waals surface area contributed by atoms with Gasteiger partial charge in [-0.2, -0.15) is 0 Å². The molecule has 0 spiro atoms. The molecule has 1 saturated heterocycles. The van der Waals surface area contributed by atoms with Crippen LogP contribution in [-0.4, -0.2) is 17.5 Å². The van der Waals surface area contributed by atoms with Crippen LogP contribution in [0.4, 0.5) is 0 Å². The van der Waals surface area contributed by atoms with Gasteiger partial charge < -0.3 is 0 Å². The van der Waals surface area contributed by atoms with E-state index >= 15 is 0 Å². The Bertz CT molecular complexity index is 748. The van der Waals surface area contributed by atoms with Crippen molar-refractivity contribution in [3.8, 4) is 0 Å². The quantitative estimate of drug-likeness (QED) is 0.779. The first-order valence-electron chi connectivity index (χ1n) is 9.12. The molecule has 1 aliphatic carbocycles. The fraction of sp³-hybridized carbons (Fsp3) is 0.429. The minimum Gasteiger partial charge on any atom is -0.296 e. The number of rotatable bonds is 4. The zero-order chi connectivity index (χ0) is 17.2. The molecule has 1 fully saturated rings. The molecule has 0 aromatic heterocycles. The molecule has 2 nitrogen and oxygen atoms in total. The minimum absolute atomic E-state index is 0.649. The second-order valence-electron chi connectivity index (χ2n) is 7.44. The summed E-state index contributed by atoms with van der Waals surface area (Å²) in [4.78, 5) is 2.69. The molecule has 0 amide bonds. The summed E-state index contributed by atoms with van der Waals surface area (Å²) in [5.41, 5.74) is 5.56. The van der Waals surface area contributed by atoms with Crippen molar-refractivity contribution < 1.29 is 0 Å². The zero-order valence-electron chi connectivity index (χ0n) is 14.5. The third-order valence-corrected chi connectivity index (χ3v) is 6.57. The predicted molar refractivity (Wildman–Crippen MR) is 108 cm³/mol. The fourth-order valence-corrected chi connectivity index (χ4v) is 5.21. The summed E-state index contributed by atoms with van der Waals surface area (Å²) >= 11 is 7.77. The average molecular weight is 373 g/mol. The van der Waals surface area contributed by atoms with E-state index in [4.69, 9.17) is 16.7 Å². The van der Waals surface area contributed by atoms with Crippen LogP contribution in [0.5, 0.6) is 0 Å². The van der Waals surface area contributed by atoms with E-state index in [1.165, 1.54) is 49.7 Å². The Balaban J connectivity index is 1.53. The number of hydrogen-bond donors (Lipinski definition) is 1. The normalized spacial score (nSPS) is 23.1. The van der Waals surface area contributed by atoms with E-state index in [-0.39, 0.29) is 0 Å². The first-order chi connectivity index (χ1) is 12.2. The van der Waals surface area contributed by atoms with Crippen LogP contribution in [-0.2, 0) is 25.1 Å². The maximum atomic E-state index is 6.44. The Labute approximate surface area is 159 Å². The van der Waals surface area contributed by atoms with E-state index in [1.54, 1.807) is 11.1 Å². The fourth-order valence-electron chi connectivity index (χ4n) is 4.43. The molecular formula is C21H25ClN2S. The van der Waals surface area contributed by atoms with Crippen LogP contribution in [0.25, 0.3) is 0 Å². The number of piperidine rings is 1. The Kier molecular flexibility index (Phi) is 5.37. The van der Waals surface area contributed by atoms with Gasteiger partial charge in [-0.15, -0.1) is 0 Å². The largest absolute Gasteiger partial charge is 0.296 e. The summed E-state index contributed by atoms with van der Waals surface area (Å²) in [7, 11) is 0. The molecule has 2 aliphatic heterocycles. The molecule has 2 aromatic carbocycles. The zero-order valence-corrected chi connectivity index (χ0v) is 16.0. The van der Waals surface area contributed by atoms with Gasteiger partial charge in [-0.05, 0) is 59.9 Å². The first kappa shape index (κ1) is 17.4. The number of nitrogens with two attached hydrogens (primary N) is 1. The molecule has 3 aliphatic rings. The molecule has 2 unspecified atom stereocenters. The molecule has 0 saturated carbocycles. The molecule has 4 heteroatoms. The molecule has 2 bridgehead atoms. The maximum Gasteiger partial charge on any atom is 0.0450 e. The Morgan fingerprint density at radius 3 is 2.64 bits per heavy atom. The van der Waals surface area contributed by atoms with E-state index in [0.717, 1.165) is 28.8 Å². The van der Waals surface area contributed by atoms with Crippen molar-refractivity contribution >= 4 is 23.5 Å². The summed E-state index contributed by atoms with van der Waals surface area (Å²) in [6, 6.07) is 16.2. The second-order valence-corrected chi connectivity index (χ2v) is 8.47. The summed E-state index contributed by atoms with van der Waals surface area (Å²) < 4.78 is 0. The summed E-state index contributed by atoms with van der Waals surface area (Å²) in [5, 5.41) is 6.42. The van der Waals surface area contributed by atoms with Gasteiger partial charge in [0.1, 0.15) is 0 Å². The van der Waals surface area contributed by atoms with Crippen molar-refractivity contribution in [3.63, 3.8) is 0 Å². The van der Waals surface area contributed by atoms with Gasteiger partial charge in [0, 0.05) is 29.9 Å². The molecule has 2 atom stereocenters. The topological polar surface area (TPSA) is 29.3 Å². The molecule has 2 heterocycles. The van der Waals surface area contributed by atoms with Gasteiger partial charge >= 0.3 is 0 Å². The first-order valence-corrected chi connectivity index (χ1v) is 10.6. The van der Waals surface area contributed by atoms with Gasteiger partial charge in [-0.1, -0.05) is 59.9 Å².